The minimum Gasteiger partial charge on any atom is -0.347 e. The molecule has 282 valence electrons. The van der Waals surface area contributed by atoms with Gasteiger partial charge in [0.25, 0.3) is 23.6 Å². The number of nitrogens with zero attached hydrogens (tertiary/aromatic N) is 4. The lowest BCUT2D eigenvalue weighted by Crippen LogP contribution is -2.26. The van der Waals surface area contributed by atoms with Gasteiger partial charge >= 0.3 is 0 Å². The number of hydrogen-bond donors (Lipinski definition) is 8. The van der Waals surface area contributed by atoms with Crippen LogP contribution in [0.1, 0.15) is 53.1 Å². The van der Waals surface area contributed by atoms with E-state index in [-0.39, 0.29) is 49.8 Å². The molecule has 5 aromatic rings. The molecule has 4 heterocycles. The van der Waals surface area contributed by atoms with Crippen molar-refractivity contribution in [2.75, 3.05) is 34.4 Å². The van der Waals surface area contributed by atoms with Crippen LogP contribution in [0.25, 0.3) is 0 Å². The van der Waals surface area contributed by atoms with E-state index in [1.807, 2.05) is 24.3 Å². The first-order valence-electron chi connectivity index (χ1n) is 16.7. The van der Waals surface area contributed by atoms with Crippen LogP contribution < -0.4 is 43.4 Å². The van der Waals surface area contributed by atoms with Gasteiger partial charge in [-0.05, 0) is 35.4 Å². The Kier molecular flexibility index (Phi) is 11.8. The third-order valence-electron chi connectivity index (χ3n) is 8.30. The molecule has 0 aliphatic rings. The van der Waals surface area contributed by atoms with Gasteiger partial charge in [-0.15, -0.1) is 0 Å². The average Bonchev–Trinajstić information content (AvgIpc) is 3.90. The predicted molar refractivity (Wildman–Crippen MR) is 202 cm³/mol. The van der Waals surface area contributed by atoms with Crippen LogP contribution in [0.4, 0.5) is 22.7 Å². The van der Waals surface area contributed by atoms with E-state index in [1.165, 1.54) is 12.1 Å². The fourth-order valence-corrected chi connectivity index (χ4v) is 5.64. The fraction of sp³-hybridized carbons (Fsp3) is 0.222. The number of nitrogens with two attached hydrogens (primary N) is 2. The number of amides is 6. The molecule has 18 heteroatoms. The quantitative estimate of drug-likeness (QED) is 0.0821. The van der Waals surface area contributed by atoms with Crippen LogP contribution in [0.3, 0.4) is 0 Å². The Balaban J connectivity index is 1.13. The lowest BCUT2D eigenvalue weighted by Gasteiger charge is -2.09. The van der Waals surface area contributed by atoms with E-state index >= 15 is 0 Å². The highest BCUT2D eigenvalue weighted by Crippen LogP contribution is 2.19. The largest absolute Gasteiger partial charge is 0.347 e. The summed E-state index contributed by atoms with van der Waals surface area (Å²) in [4.78, 5) is 75.3. The van der Waals surface area contributed by atoms with Crippen molar-refractivity contribution < 1.29 is 28.8 Å². The molecule has 4 aromatic heterocycles. The predicted octanol–water partition coefficient (Wildman–Crippen LogP) is 1.20. The maximum absolute atomic E-state index is 13.1. The molecule has 0 spiro atoms. The summed E-state index contributed by atoms with van der Waals surface area (Å²) in [5, 5.41) is 16.5. The van der Waals surface area contributed by atoms with Gasteiger partial charge in [0.05, 0.1) is 35.8 Å². The van der Waals surface area contributed by atoms with E-state index < -0.39 is 11.8 Å². The van der Waals surface area contributed by atoms with E-state index in [9.17, 15) is 28.8 Å². The van der Waals surface area contributed by atoms with Gasteiger partial charge in [0, 0.05) is 66.1 Å². The van der Waals surface area contributed by atoms with E-state index in [4.69, 9.17) is 11.5 Å². The summed E-state index contributed by atoms with van der Waals surface area (Å²) in [6, 6.07) is 13.5. The molecule has 0 atom stereocenters. The molecule has 5 rings (SSSR count). The van der Waals surface area contributed by atoms with Crippen LogP contribution in [0.2, 0.25) is 0 Å². The number of carbonyl (C=O) groups excluding carboxylic acids is 6. The summed E-state index contributed by atoms with van der Waals surface area (Å²) in [5.74, 6) is -2.35. The SMILES string of the molecule is Cn1cc(NC(=O)c2cc(NC(=O)CN)cn2C)cc1C(=O)NCc1cccc(CNC(=O)c2cc(NC(=O)c3cc(NC(=O)CN)cn3C)cn2C)c1. The number of benzene rings is 1. The van der Waals surface area contributed by atoms with Gasteiger partial charge < -0.3 is 61.6 Å². The number of carbonyl (C=O) groups is 6. The number of rotatable bonds is 14. The van der Waals surface area contributed by atoms with Crippen molar-refractivity contribution >= 4 is 58.2 Å². The number of hydrogen-bond acceptors (Lipinski definition) is 8. The van der Waals surface area contributed by atoms with Crippen LogP contribution in [0.5, 0.6) is 0 Å². The Hall–Kier alpha value is -6.92. The van der Waals surface area contributed by atoms with Crippen LogP contribution in [0.15, 0.2) is 73.3 Å². The molecule has 0 fully saturated rings. The minimum absolute atomic E-state index is 0.185. The Morgan fingerprint density at radius 1 is 0.481 bits per heavy atom. The van der Waals surface area contributed by atoms with Crippen LogP contribution in [0, 0.1) is 0 Å². The third kappa shape index (κ3) is 9.29. The molecule has 0 radical (unpaired) electrons. The number of nitrogens with one attached hydrogen (secondary N) is 6. The molecule has 54 heavy (non-hydrogen) atoms. The first kappa shape index (κ1) is 38.3. The Labute approximate surface area is 309 Å². The Bertz CT molecular complexity index is 2090. The van der Waals surface area contributed by atoms with E-state index in [0.717, 1.165) is 11.1 Å². The van der Waals surface area contributed by atoms with Crippen molar-refractivity contribution in [3.8, 4) is 0 Å². The summed E-state index contributed by atoms with van der Waals surface area (Å²) < 4.78 is 6.32. The van der Waals surface area contributed by atoms with Crippen LogP contribution >= 0.6 is 0 Å². The molecule has 10 N–H and O–H groups in total. The maximum Gasteiger partial charge on any atom is 0.272 e. The van der Waals surface area contributed by atoms with Gasteiger partial charge in [-0.2, -0.15) is 0 Å². The second kappa shape index (κ2) is 16.6. The minimum atomic E-state index is -0.430. The van der Waals surface area contributed by atoms with Crippen molar-refractivity contribution in [1.82, 2.24) is 28.9 Å². The zero-order valence-electron chi connectivity index (χ0n) is 30.1. The van der Waals surface area contributed by atoms with Gasteiger partial charge in [0.1, 0.15) is 22.8 Å². The topological polar surface area (TPSA) is 246 Å². The summed E-state index contributed by atoms with van der Waals surface area (Å²) in [7, 11) is 6.71. The Morgan fingerprint density at radius 2 is 0.796 bits per heavy atom. The standard InChI is InChI=1S/C36H42N12O6/c1-45-19-25(43-35(53)29-9-23(17-47(29)3)41-31(49)13-37)11-27(45)33(51)39-15-21-6-5-7-22(8-21)16-40-34(52)28-12-26(20-46(28)2)44-36(54)30-10-24(18-48(30)4)42-32(50)14-38/h5-12,17-20H,13-16,37-38H2,1-4H3,(H,39,51)(H,40,52)(H,41,49)(H,42,50)(H,43,53)(H,44,54). The number of anilines is 4. The van der Waals surface area contributed by atoms with Crippen LogP contribution in [-0.2, 0) is 50.9 Å². The zero-order valence-corrected chi connectivity index (χ0v) is 30.1. The highest BCUT2D eigenvalue weighted by Gasteiger charge is 2.19. The van der Waals surface area contributed by atoms with E-state index in [0.29, 0.717) is 45.5 Å². The lowest BCUT2D eigenvalue weighted by atomic mass is 10.1. The van der Waals surface area contributed by atoms with Crippen molar-refractivity contribution in [2.45, 2.75) is 13.1 Å². The molecule has 1 aromatic carbocycles. The second-order valence-corrected chi connectivity index (χ2v) is 12.5. The molecule has 0 aliphatic carbocycles. The van der Waals surface area contributed by atoms with Gasteiger partial charge in [-0.3, -0.25) is 28.8 Å². The highest BCUT2D eigenvalue weighted by molar-refractivity contribution is 6.06. The maximum atomic E-state index is 13.1. The lowest BCUT2D eigenvalue weighted by molar-refractivity contribution is -0.115. The molecule has 0 saturated carbocycles. The van der Waals surface area contributed by atoms with Gasteiger partial charge in [-0.25, -0.2) is 0 Å². The molecule has 0 unspecified atom stereocenters. The van der Waals surface area contributed by atoms with Crippen molar-refractivity contribution in [2.24, 2.45) is 39.7 Å². The van der Waals surface area contributed by atoms with Crippen molar-refractivity contribution in [3.05, 3.63) is 107 Å². The highest BCUT2D eigenvalue weighted by atomic mass is 16.2. The first-order valence-corrected chi connectivity index (χ1v) is 16.7. The summed E-state index contributed by atoms with van der Waals surface area (Å²) in [5.41, 5.74) is 15.2. The van der Waals surface area contributed by atoms with Crippen molar-refractivity contribution in [1.29, 1.82) is 0 Å². The molecular weight excluding hydrogens is 696 g/mol. The first-order chi connectivity index (χ1) is 25.7. The van der Waals surface area contributed by atoms with Gasteiger partial charge in [-0.1, -0.05) is 24.3 Å². The summed E-state index contributed by atoms with van der Waals surface area (Å²) >= 11 is 0. The molecule has 0 bridgehead atoms. The summed E-state index contributed by atoms with van der Waals surface area (Å²) in [6.45, 7) is 0.0403. The summed E-state index contributed by atoms with van der Waals surface area (Å²) in [6.07, 6.45) is 6.42. The zero-order chi connectivity index (χ0) is 39.1. The number of aromatic nitrogens is 4. The molecular formula is C36H42N12O6. The smallest absolute Gasteiger partial charge is 0.272 e. The number of aryl methyl sites for hydroxylation is 4. The fourth-order valence-electron chi connectivity index (χ4n) is 5.64. The molecule has 18 nitrogen and oxygen atoms in total. The van der Waals surface area contributed by atoms with Crippen LogP contribution in [-0.4, -0.2) is 66.8 Å². The van der Waals surface area contributed by atoms with Gasteiger partial charge in [0.2, 0.25) is 11.8 Å². The van der Waals surface area contributed by atoms with Gasteiger partial charge in [0.15, 0.2) is 0 Å². The van der Waals surface area contributed by atoms with Crippen molar-refractivity contribution in [3.63, 3.8) is 0 Å². The molecule has 6 amide bonds. The average molecular weight is 739 g/mol. The second-order valence-electron chi connectivity index (χ2n) is 12.5. The van der Waals surface area contributed by atoms with E-state index in [1.54, 1.807) is 83.4 Å². The van der Waals surface area contributed by atoms with E-state index in [2.05, 4.69) is 31.9 Å². The molecule has 0 saturated heterocycles. The third-order valence-corrected chi connectivity index (χ3v) is 8.30. The molecule has 0 aliphatic heterocycles. The normalized spacial score (nSPS) is 10.8. The Morgan fingerprint density at radius 3 is 1.13 bits per heavy atom. The monoisotopic (exact) mass is 738 g/mol.